The summed E-state index contributed by atoms with van der Waals surface area (Å²) in [4.78, 5) is 16.9. The Morgan fingerprint density at radius 1 is 0.367 bits per heavy atom. The minimum atomic E-state index is -3.40. The number of amides is 2. The maximum absolute atomic E-state index is 13.0. The lowest BCUT2D eigenvalue weighted by molar-refractivity contribution is 0.108. The second-order valence-corrected chi connectivity index (χ2v) is 15.6. The molecule has 0 N–H and O–H groups in total. The fraction of sp³-hybridized carbons (Fsp3) is 0.976. The molecule has 0 aromatic heterocycles. The first-order valence-electron chi connectivity index (χ1n) is 21.5. The first-order valence-corrected chi connectivity index (χ1v) is 22.9. The summed E-state index contributed by atoms with van der Waals surface area (Å²) in [5, 5.41) is 0. The SMILES string of the molecule is CCCCCCCCOP(=O)(OCCCCCCCC)OCCCCCCCC.CCCCN(CCCC)C(=O)N(CCCC)CCCC. The molecule has 8 heteroatoms. The van der Waals surface area contributed by atoms with Crippen molar-refractivity contribution in [2.24, 2.45) is 0 Å². The lowest BCUT2D eigenvalue weighted by atomic mass is 10.1. The van der Waals surface area contributed by atoms with Gasteiger partial charge in [-0.15, -0.1) is 0 Å². The summed E-state index contributed by atoms with van der Waals surface area (Å²) in [6.07, 6.45) is 30.3. The van der Waals surface area contributed by atoms with Crippen LogP contribution >= 0.6 is 7.82 Å². The zero-order chi connectivity index (χ0) is 36.7. The molecule has 0 spiro atoms. The van der Waals surface area contributed by atoms with Crippen LogP contribution in [0.25, 0.3) is 0 Å². The molecule has 0 aliphatic rings. The monoisotopic (exact) mass is 719 g/mol. The third kappa shape index (κ3) is 34.2. The molecular formula is C41H87N2O5P. The van der Waals surface area contributed by atoms with Gasteiger partial charge in [-0.05, 0) is 44.9 Å². The highest BCUT2D eigenvalue weighted by atomic mass is 31.2. The van der Waals surface area contributed by atoms with Crippen LogP contribution in [0.5, 0.6) is 0 Å². The van der Waals surface area contributed by atoms with Gasteiger partial charge in [0.2, 0.25) is 0 Å². The molecule has 0 radical (unpaired) electrons. The number of carbonyl (C=O) groups is 1. The molecule has 0 aromatic carbocycles. The molecule has 0 aliphatic carbocycles. The molecule has 296 valence electrons. The van der Waals surface area contributed by atoms with Crippen LogP contribution in [-0.2, 0) is 18.1 Å². The molecule has 0 saturated carbocycles. The third-order valence-electron chi connectivity index (χ3n) is 8.91. The first-order chi connectivity index (χ1) is 23.9. The number of nitrogens with zero attached hydrogens (tertiary/aromatic N) is 2. The van der Waals surface area contributed by atoms with Crippen molar-refractivity contribution in [1.29, 1.82) is 0 Å². The molecule has 0 aromatic rings. The van der Waals surface area contributed by atoms with Gasteiger partial charge < -0.3 is 9.80 Å². The number of hydrogen-bond donors (Lipinski definition) is 0. The zero-order valence-corrected chi connectivity index (χ0v) is 35.1. The molecule has 2 amide bonds. The number of rotatable bonds is 36. The average Bonchev–Trinajstić information content (AvgIpc) is 3.10. The van der Waals surface area contributed by atoms with Gasteiger partial charge >= 0.3 is 13.9 Å². The average molecular weight is 719 g/mol. The lowest BCUT2D eigenvalue weighted by Gasteiger charge is -2.31. The number of phosphoric ester groups is 1. The fourth-order valence-corrected chi connectivity index (χ4v) is 6.77. The van der Waals surface area contributed by atoms with Gasteiger partial charge in [0.25, 0.3) is 0 Å². The molecule has 0 atom stereocenters. The van der Waals surface area contributed by atoms with E-state index in [4.69, 9.17) is 13.6 Å². The topological polar surface area (TPSA) is 68.3 Å². The highest BCUT2D eigenvalue weighted by molar-refractivity contribution is 7.48. The van der Waals surface area contributed by atoms with E-state index in [1.807, 2.05) is 0 Å². The number of urea groups is 1. The van der Waals surface area contributed by atoms with Crippen molar-refractivity contribution in [1.82, 2.24) is 9.80 Å². The Labute approximate surface area is 307 Å². The normalized spacial score (nSPS) is 11.4. The van der Waals surface area contributed by atoms with Gasteiger partial charge in [0.15, 0.2) is 0 Å². The molecule has 0 fully saturated rings. The van der Waals surface area contributed by atoms with Crippen LogP contribution in [0.1, 0.15) is 215 Å². The number of carbonyl (C=O) groups excluding carboxylic acids is 1. The summed E-state index contributed by atoms with van der Waals surface area (Å²) in [5.41, 5.74) is 0. The smallest absolute Gasteiger partial charge is 0.325 e. The maximum atomic E-state index is 13.0. The predicted molar refractivity (Wildman–Crippen MR) is 214 cm³/mol. The molecule has 0 saturated heterocycles. The molecular weight excluding hydrogens is 631 g/mol. The summed E-state index contributed by atoms with van der Waals surface area (Å²) in [6, 6.07) is 0.272. The maximum Gasteiger partial charge on any atom is 0.474 e. The van der Waals surface area contributed by atoms with Crippen molar-refractivity contribution in [3.8, 4) is 0 Å². The molecule has 0 unspecified atom stereocenters. The van der Waals surface area contributed by atoms with E-state index in [1.165, 1.54) is 77.0 Å². The van der Waals surface area contributed by atoms with E-state index in [1.54, 1.807) is 0 Å². The Bertz CT molecular complexity index is 621. The second-order valence-electron chi connectivity index (χ2n) is 13.9. The summed E-state index contributed by atoms with van der Waals surface area (Å²) < 4.78 is 29.9. The highest BCUT2D eigenvalue weighted by Gasteiger charge is 2.26. The van der Waals surface area contributed by atoms with Crippen LogP contribution in [0.15, 0.2) is 0 Å². The molecule has 0 bridgehead atoms. The van der Waals surface area contributed by atoms with Crippen molar-refractivity contribution in [3.63, 3.8) is 0 Å². The standard InChI is InChI=1S/C24H51O4P.C17H36N2O/c1-4-7-10-13-16-19-22-26-29(25,27-23-20-17-14-11-8-5-2)28-24-21-18-15-12-9-6-3;1-5-9-13-18(14-10-6-2)17(20)19(15-11-7-3)16-12-8-4/h4-24H2,1-3H3;5-16H2,1-4H3. The van der Waals surface area contributed by atoms with Gasteiger partial charge in [-0.1, -0.05) is 170 Å². The van der Waals surface area contributed by atoms with Gasteiger partial charge in [0, 0.05) is 26.2 Å². The van der Waals surface area contributed by atoms with Gasteiger partial charge in [0.1, 0.15) is 0 Å². The Kier molecular flexibility index (Phi) is 41.4. The quantitative estimate of drug-likeness (QED) is 0.0476. The van der Waals surface area contributed by atoms with Crippen LogP contribution in [0, 0.1) is 0 Å². The Hall–Kier alpha value is -0.620. The van der Waals surface area contributed by atoms with Crippen molar-refractivity contribution in [2.45, 2.75) is 215 Å². The highest BCUT2D eigenvalue weighted by Crippen LogP contribution is 2.50. The molecule has 0 rings (SSSR count). The minimum absolute atomic E-state index is 0.272. The largest absolute Gasteiger partial charge is 0.474 e. The Morgan fingerprint density at radius 2 is 0.592 bits per heavy atom. The minimum Gasteiger partial charge on any atom is -0.325 e. The zero-order valence-electron chi connectivity index (χ0n) is 34.2. The van der Waals surface area contributed by atoms with Gasteiger partial charge in [0.05, 0.1) is 19.8 Å². The Balaban J connectivity index is 0. The van der Waals surface area contributed by atoms with Crippen molar-refractivity contribution in [3.05, 3.63) is 0 Å². The number of hydrogen-bond acceptors (Lipinski definition) is 5. The van der Waals surface area contributed by atoms with Gasteiger partial charge in [-0.3, -0.25) is 13.6 Å². The lowest BCUT2D eigenvalue weighted by Crippen LogP contribution is -2.45. The van der Waals surface area contributed by atoms with E-state index in [0.717, 1.165) is 116 Å². The van der Waals surface area contributed by atoms with Gasteiger partial charge in [-0.2, -0.15) is 0 Å². The summed E-state index contributed by atoms with van der Waals surface area (Å²) in [5.74, 6) is 0. The van der Waals surface area contributed by atoms with E-state index < -0.39 is 7.82 Å². The number of phosphoric acid groups is 1. The summed E-state index contributed by atoms with van der Waals surface area (Å²) >= 11 is 0. The molecule has 7 nitrogen and oxygen atoms in total. The Morgan fingerprint density at radius 3 is 0.837 bits per heavy atom. The number of unbranched alkanes of at least 4 members (excludes halogenated alkanes) is 19. The van der Waals surface area contributed by atoms with Crippen molar-refractivity contribution in [2.75, 3.05) is 46.0 Å². The molecule has 0 heterocycles. The molecule has 49 heavy (non-hydrogen) atoms. The van der Waals surface area contributed by atoms with Crippen molar-refractivity contribution >= 4 is 13.9 Å². The summed E-state index contributed by atoms with van der Waals surface area (Å²) in [7, 11) is -3.40. The van der Waals surface area contributed by atoms with E-state index in [9.17, 15) is 9.36 Å². The van der Waals surface area contributed by atoms with E-state index >= 15 is 0 Å². The fourth-order valence-electron chi connectivity index (χ4n) is 5.49. The summed E-state index contributed by atoms with van der Waals surface area (Å²) in [6.45, 7) is 20.5. The van der Waals surface area contributed by atoms with Crippen LogP contribution in [0.2, 0.25) is 0 Å². The van der Waals surface area contributed by atoms with Gasteiger partial charge in [-0.25, -0.2) is 9.36 Å². The van der Waals surface area contributed by atoms with Crippen LogP contribution in [0.3, 0.4) is 0 Å². The van der Waals surface area contributed by atoms with Crippen LogP contribution in [-0.4, -0.2) is 61.8 Å². The van der Waals surface area contributed by atoms with Crippen LogP contribution in [0.4, 0.5) is 4.79 Å². The van der Waals surface area contributed by atoms with E-state index in [2.05, 4.69) is 58.3 Å². The predicted octanol–water partition coefficient (Wildman–Crippen LogP) is 14.1. The van der Waals surface area contributed by atoms with E-state index in [-0.39, 0.29) is 6.03 Å². The molecule has 0 aliphatic heterocycles. The van der Waals surface area contributed by atoms with Crippen molar-refractivity contribution < 1.29 is 22.9 Å². The van der Waals surface area contributed by atoms with E-state index in [0.29, 0.717) is 19.8 Å². The first kappa shape index (κ1) is 50.5. The second kappa shape index (κ2) is 40.2. The third-order valence-corrected chi connectivity index (χ3v) is 10.4. The van der Waals surface area contributed by atoms with Crippen LogP contribution < -0.4 is 0 Å².